The smallest absolute Gasteiger partial charge is 0.205 e. The molecule has 0 bridgehead atoms. The Hall–Kier alpha value is -4.11. The zero-order chi connectivity index (χ0) is 23.2. The van der Waals surface area contributed by atoms with Crippen LogP contribution >= 0.6 is 0 Å². The average Bonchev–Trinajstić information content (AvgIpc) is 3.24. The monoisotopic (exact) mass is 436 g/mol. The van der Waals surface area contributed by atoms with E-state index in [-0.39, 0.29) is 22.8 Å². The molecule has 0 unspecified atom stereocenters. The lowest BCUT2D eigenvalue weighted by atomic mass is 9.69. The lowest BCUT2D eigenvalue weighted by molar-refractivity contribution is -0.121. The molecule has 0 fully saturated rings. The summed E-state index contributed by atoms with van der Waals surface area (Å²) in [6.45, 7) is 4.12. The van der Waals surface area contributed by atoms with Crippen LogP contribution in [0.25, 0.3) is 16.9 Å². The first-order valence-electron chi connectivity index (χ1n) is 10.9. The number of hydrogen-bond acceptors (Lipinski definition) is 5. The van der Waals surface area contributed by atoms with Gasteiger partial charge >= 0.3 is 0 Å². The molecule has 2 heterocycles. The second kappa shape index (κ2) is 7.79. The third kappa shape index (κ3) is 3.62. The minimum atomic E-state index is -0.505. The lowest BCUT2D eigenvalue weighted by Gasteiger charge is -2.37. The van der Waals surface area contributed by atoms with E-state index in [9.17, 15) is 10.1 Å². The summed E-state index contributed by atoms with van der Waals surface area (Å²) in [5.74, 6) is -0.319. The average molecular weight is 437 g/mol. The van der Waals surface area contributed by atoms with Crippen LogP contribution in [-0.4, -0.2) is 15.6 Å². The van der Waals surface area contributed by atoms with Gasteiger partial charge in [0, 0.05) is 23.7 Å². The topological polar surface area (TPSA) is 93.9 Å². The van der Waals surface area contributed by atoms with Crippen LogP contribution in [0.15, 0.2) is 89.6 Å². The maximum atomic E-state index is 13.0. The van der Waals surface area contributed by atoms with Crippen LogP contribution in [0.3, 0.4) is 0 Å². The van der Waals surface area contributed by atoms with Crippen molar-refractivity contribution in [3.63, 3.8) is 0 Å². The fourth-order valence-electron chi connectivity index (χ4n) is 4.78. The number of carbonyl (C=O) groups excluding carboxylic acids is 1. The van der Waals surface area contributed by atoms with Gasteiger partial charge in [-0.15, -0.1) is 0 Å². The second-order valence-electron chi connectivity index (χ2n) is 9.30. The molecular formula is C27H24N4O2. The Balaban J connectivity index is 1.77. The SMILES string of the molecule is CC1(C)CC(=O)C2=C(C1)[C@@H](c1cn(-c3ccccc3)nc1-c1ccccc1)C(C#N)=C(N)O2. The van der Waals surface area contributed by atoms with Crippen LogP contribution in [-0.2, 0) is 9.53 Å². The Morgan fingerprint density at radius 1 is 1.09 bits per heavy atom. The predicted molar refractivity (Wildman–Crippen MR) is 125 cm³/mol. The van der Waals surface area contributed by atoms with Crippen LogP contribution in [0.4, 0.5) is 0 Å². The summed E-state index contributed by atoms with van der Waals surface area (Å²) < 4.78 is 7.54. The highest BCUT2D eigenvalue weighted by molar-refractivity contribution is 5.96. The van der Waals surface area contributed by atoms with E-state index in [0.717, 1.165) is 28.1 Å². The number of carbonyl (C=O) groups is 1. The van der Waals surface area contributed by atoms with Crippen molar-refractivity contribution in [1.29, 1.82) is 5.26 Å². The van der Waals surface area contributed by atoms with Gasteiger partial charge in [0.25, 0.3) is 0 Å². The first-order valence-corrected chi connectivity index (χ1v) is 10.9. The molecule has 3 aromatic rings. The minimum absolute atomic E-state index is 0.0132. The van der Waals surface area contributed by atoms with Crippen molar-refractivity contribution < 1.29 is 9.53 Å². The van der Waals surface area contributed by atoms with Crippen molar-refractivity contribution in [2.75, 3.05) is 0 Å². The highest BCUT2D eigenvalue weighted by atomic mass is 16.5. The van der Waals surface area contributed by atoms with E-state index >= 15 is 0 Å². The predicted octanol–water partition coefficient (Wildman–Crippen LogP) is 4.99. The van der Waals surface area contributed by atoms with Gasteiger partial charge in [0.2, 0.25) is 5.88 Å². The van der Waals surface area contributed by atoms with Gasteiger partial charge in [-0.05, 0) is 29.5 Å². The Morgan fingerprint density at radius 2 is 1.76 bits per heavy atom. The van der Waals surface area contributed by atoms with E-state index < -0.39 is 5.92 Å². The molecule has 33 heavy (non-hydrogen) atoms. The number of benzene rings is 2. The van der Waals surface area contributed by atoms with Gasteiger partial charge in [0.15, 0.2) is 11.5 Å². The van der Waals surface area contributed by atoms with E-state index in [0.29, 0.717) is 18.4 Å². The molecule has 1 aliphatic carbocycles. The van der Waals surface area contributed by atoms with Crippen LogP contribution < -0.4 is 5.73 Å². The summed E-state index contributed by atoms with van der Waals surface area (Å²) in [5.41, 5.74) is 10.4. The van der Waals surface area contributed by atoms with Gasteiger partial charge in [-0.3, -0.25) is 4.79 Å². The maximum Gasteiger partial charge on any atom is 0.205 e. The molecule has 2 aliphatic rings. The number of allylic oxidation sites excluding steroid dienone is 3. The highest BCUT2D eigenvalue weighted by Gasteiger charge is 2.43. The Bertz CT molecular complexity index is 1340. The van der Waals surface area contributed by atoms with Gasteiger partial charge in [-0.2, -0.15) is 10.4 Å². The molecule has 0 spiro atoms. The Labute approximate surface area is 192 Å². The van der Waals surface area contributed by atoms with Crippen molar-refractivity contribution in [3.8, 4) is 23.0 Å². The minimum Gasteiger partial charge on any atom is -0.437 e. The second-order valence-corrected chi connectivity index (χ2v) is 9.30. The summed E-state index contributed by atoms with van der Waals surface area (Å²) in [5, 5.41) is 15.0. The molecular weight excluding hydrogens is 412 g/mol. The maximum absolute atomic E-state index is 13.0. The normalized spacial score (nSPS) is 19.7. The van der Waals surface area contributed by atoms with Gasteiger partial charge in [-0.25, -0.2) is 4.68 Å². The van der Waals surface area contributed by atoms with Gasteiger partial charge in [-0.1, -0.05) is 62.4 Å². The summed E-state index contributed by atoms with van der Waals surface area (Å²) in [4.78, 5) is 13.0. The molecule has 6 nitrogen and oxygen atoms in total. The van der Waals surface area contributed by atoms with Crippen LogP contribution in [0.2, 0.25) is 0 Å². The van der Waals surface area contributed by atoms with Crippen LogP contribution in [0.5, 0.6) is 0 Å². The van der Waals surface area contributed by atoms with Crippen LogP contribution in [0.1, 0.15) is 38.2 Å². The van der Waals surface area contributed by atoms with Gasteiger partial charge in [0.1, 0.15) is 11.6 Å². The Kier molecular flexibility index (Phi) is 4.90. The number of nitrogens with two attached hydrogens (primary N) is 1. The standard InChI is InChI=1S/C27H24N4O2/c1-27(2)13-19-23(20(15-28)26(29)33-25(19)22(32)14-27)21-16-31(18-11-7-4-8-12-18)30-24(21)17-9-5-3-6-10-17/h3-12,16,23H,13-14,29H2,1-2H3/t23-/m1/s1. The molecule has 1 aromatic heterocycles. The van der Waals surface area contributed by atoms with E-state index in [1.54, 1.807) is 0 Å². The molecule has 2 aromatic carbocycles. The number of ketones is 1. The fourth-order valence-corrected chi connectivity index (χ4v) is 4.78. The first-order chi connectivity index (χ1) is 15.9. The van der Waals surface area contributed by atoms with E-state index in [2.05, 4.69) is 19.9 Å². The third-order valence-corrected chi connectivity index (χ3v) is 6.21. The van der Waals surface area contributed by atoms with Crippen molar-refractivity contribution in [2.24, 2.45) is 11.1 Å². The molecule has 6 heteroatoms. The van der Waals surface area contributed by atoms with E-state index in [1.165, 1.54) is 0 Å². The lowest BCUT2D eigenvalue weighted by Crippen LogP contribution is -2.33. The molecule has 5 rings (SSSR count). The van der Waals surface area contributed by atoms with Gasteiger partial charge < -0.3 is 10.5 Å². The molecule has 1 aliphatic heterocycles. The quantitative estimate of drug-likeness (QED) is 0.624. The molecule has 2 N–H and O–H groups in total. The number of hydrogen-bond donors (Lipinski definition) is 1. The number of Topliss-reactive ketones (excluding diaryl/α,β-unsaturated/α-hetero) is 1. The molecule has 0 amide bonds. The molecule has 0 saturated heterocycles. The number of para-hydroxylation sites is 1. The highest BCUT2D eigenvalue weighted by Crippen LogP contribution is 2.50. The summed E-state index contributed by atoms with van der Waals surface area (Å²) in [7, 11) is 0. The van der Waals surface area contributed by atoms with E-state index in [1.807, 2.05) is 71.5 Å². The molecule has 164 valence electrons. The molecule has 0 saturated carbocycles. The molecule has 1 atom stereocenters. The number of nitrogens with zero attached hydrogens (tertiary/aromatic N) is 3. The summed E-state index contributed by atoms with van der Waals surface area (Å²) in [6, 6.07) is 21.9. The van der Waals surface area contributed by atoms with Crippen LogP contribution in [0, 0.1) is 16.7 Å². The fraction of sp³-hybridized carbons (Fsp3) is 0.222. The zero-order valence-electron chi connectivity index (χ0n) is 18.6. The number of ether oxygens (including phenoxy) is 1. The first kappa shape index (κ1) is 20.8. The van der Waals surface area contributed by atoms with Crippen molar-refractivity contribution in [1.82, 2.24) is 9.78 Å². The Morgan fingerprint density at radius 3 is 2.42 bits per heavy atom. The third-order valence-electron chi connectivity index (χ3n) is 6.21. The number of nitriles is 1. The van der Waals surface area contributed by atoms with Crippen molar-refractivity contribution in [3.05, 3.63) is 95.2 Å². The largest absolute Gasteiger partial charge is 0.437 e. The summed E-state index contributed by atoms with van der Waals surface area (Å²) >= 11 is 0. The zero-order valence-corrected chi connectivity index (χ0v) is 18.6. The number of aromatic nitrogens is 2. The van der Waals surface area contributed by atoms with E-state index in [4.69, 9.17) is 15.6 Å². The number of rotatable bonds is 3. The molecule has 0 radical (unpaired) electrons. The summed E-state index contributed by atoms with van der Waals surface area (Å²) in [6.07, 6.45) is 2.94. The van der Waals surface area contributed by atoms with Crippen molar-refractivity contribution >= 4 is 5.78 Å². The van der Waals surface area contributed by atoms with Gasteiger partial charge in [0.05, 0.1) is 17.3 Å². The van der Waals surface area contributed by atoms with Crippen molar-refractivity contribution in [2.45, 2.75) is 32.6 Å².